The number of fused-ring (bicyclic) bond motifs is 1. The Hall–Kier alpha value is -1.19. The number of carbonyl (C=O) groups excluding carboxylic acids is 2. The summed E-state index contributed by atoms with van der Waals surface area (Å²) in [5.74, 6) is -0.635. The number of benzene rings is 1. The van der Waals surface area contributed by atoms with Crippen molar-refractivity contribution in [2.24, 2.45) is 0 Å². The first-order valence-corrected chi connectivity index (χ1v) is 5.16. The fourth-order valence-electron chi connectivity index (χ4n) is 1.26. The summed E-state index contributed by atoms with van der Waals surface area (Å²) >= 11 is 6.56. The predicted molar refractivity (Wildman–Crippen MR) is 57.0 cm³/mol. The third-order valence-electron chi connectivity index (χ3n) is 1.90. The molecule has 0 saturated heterocycles. The van der Waals surface area contributed by atoms with Crippen molar-refractivity contribution < 1.29 is 9.59 Å². The van der Waals surface area contributed by atoms with Crippen LogP contribution in [0, 0.1) is 0 Å². The van der Waals surface area contributed by atoms with Crippen LogP contribution < -0.4 is 0 Å². The molecule has 0 radical (unpaired) electrons. The Labute approximate surface area is 89.1 Å². The van der Waals surface area contributed by atoms with E-state index in [0.29, 0.717) is 5.56 Å². The molecular weight excluding hydrogens is 220 g/mol. The van der Waals surface area contributed by atoms with Gasteiger partial charge in [-0.1, -0.05) is 18.2 Å². The minimum Gasteiger partial charge on any atom is -0.284 e. The molecule has 4 heteroatoms. The van der Waals surface area contributed by atoms with Gasteiger partial charge in [0.05, 0.1) is 0 Å². The summed E-state index contributed by atoms with van der Waals surface area (Å²) in [6.45, 7) is 0. The van der Waals surface area contributed by atoms with Crippen LogP contribution in [-0.2, 0) is 4.79 Å². The molecule has 0 N–H and O–H groups in total. The first-order chi connectivity index (χ1) is 6.70. The molecule has 1 heterocycles. The summed E-state index contributed by atoms with van der Waals surface area (Å²) in [6.07, 6.45) is 0. The molecular formula is C10H5ClO2S. The average Bonchev–Trinajstić information content (AvgIpc) is 2.60. The van der Waals surface area contributed by atoms with Crippen molar-refractivity contribution in [1.29, 1.82) is 0 Å². The van der Waals surface area contributed by atoms with Crippen molar-refractivity contribution in [3.8, 4) is 0 Å². The van der Waals surface area contributed by atoms with Crippen molar-refractivity contribution >= 4 is 44.0 Å². The van der Waals surface area contributed by atoms with Crippen LogP contribution in [-0.4, -0.2) is 11.0 Å². The second-order valence-electron chi connectivity index (χ2n) is 2.75. The van der Waals surface area contributed by atoms with E-state index in [-0.39, 0.29) is 0 Å². The van der Waals surface area contributed by atoms with Gasteiger partial charge in [-0.2, -0.15) is 0 Å². The van der Waals surface area contributed by atoms with E-state index in [1.54, 1.807) is 11.4 Å². The normalized spacial score (nSPS) is 10.4. The fourth-order valence-corrected chi connectivity index (χ4v) is 2.30. The topological polar surface area (TPSA) is 34.1 Å². The smallest absolute Gasteiger partial charge is 0.284 e. The number of hydrogen-bond donors (Lipinski definition) is 0. The predicted octanol–water partition coefficient (Wildman–Crippen LogP) is 2.85. The monoisotopic (exact) mass is 224 g/mol. The standard InChI is InChI=1S/C10H5ClO2S/c11-10(13)9(12)7-5-14-8-4-2-1-3-6(7)8/h1-5H. The van der Waals surface area contributed by atoms with E-state index in [1.165, 1.54) is 11.3 Å². The summed E-state index contributed by atoms with van der Waals surface area (Å²) in [7, 11) is 0. The van der Waals surface area contributed by atoms with Gasteiger partial charge in [-0.25, -0.2) is 0 Å². The molecule has 0 amide bonds. The van der Waals surface area contributed by atoms with E-state index < -0.39 is 11.0 Å². The van der Waals surface area contributed by atoms with Gasteiger partial charge in [-0.3, -0.25) is 9.59 Å². The van der Waals surface area contributed by atoms with E-state index in [9.17, 15) is 9.59 Å². The Morgan fingerprint density at radius 3 is 2.64 bits per heavy atom. The van der Waals surface area contributed by atoms with Gasteiger partial charge in [-0.15, -0.1) is 11.3 Å². The number of hydrogen-bond acceptors (Lipinski definition) is 3. The van der Waals surface area contributed by atoms with E-state index in [1.807, 2.05) is 18.2 Å². The van der Waals surface area contributed by atoms with Crippen LogP contribution in [0.3, 0.4) is 0 Å². The van der Waals surface area contributed by atoms with Gasteiger partial charge in [0.2, 0.25) is 5.78 Å². The lowest BCUT2D eigenvalue weighted by Gasteiger charge is -1.92. The second-order valence-corrected chi connectivity index (χ2v) is 4.00. The van der Waals surface area contributed by atoms with Gasteiger partial charge in [-0.05, 0) is 17.7 Å². The molecule has 2 nitrogen and oxygen atoms in total. The highest BCUT2D eigenvalue weighted by atomic mass is 35.5. The summed E-state index contributed by atoms with van der Waals surface area (Å²) in [5.41, 5.74) is 0.394. The average molecular weight is 225 g/mol. The van der Waals surface area contributed by atoms with Gasteiger partial charge in [0.25, 0.3) is 5.24 Å². The highest BCUT2D eigenvalue weighted by Gasteiger charge is 2.17. The Morgan fingerprint density at radius 2 is 1.93 bits per heavy atom. The molecule has 0 fully saturated rings. The number of thiophene rings is 1. The molecule has 70 valence electrons. The van der Waals surface area contributed by atoms with E-state index in [0.717, 1.165) is 10.1 Å². The van der Waals surface area contributed by atoms with E-state index in [2.05, 4.69) is 0 Å². The molecule has 1 aromatic heterocycles. The van der Waals surface area contributed by atoms with Gasteiger partial charge >= 0.3 is 0 Å². The second kappa shape index (κ2) is 3.52. The number of ketones is 1. The zero-order chi connectivity index (χ0) is 10.1. The van der Waals surface area contributed by atoms with Crippen LogP contribution in [0.2, 0.25) is 0 Å². The SMILES string of the molecule is O=C(Cl)C(=O)c1csc2ccccc12. The number of carbonyl (C=O) groups is 2. The lowest BCUT2D eigenvalue weighted by atomic mass is 10.1. The van der Waals surface area contributed by atoms with Crippen LogP contribution in [0.25, 0.3) is 10.1 Å². The maximum absolute atomic E-state index is 11.3. The van der Waals surface area contributed by atoms with Crippen LogP contribution >= 0.6 is 22.9 Å². The summed E-state index contributed by atoms with van der Waals surface area (Å²) < 4.78 is 0.980. The Morgan fingerprint density at radius 1 is 1.21 bits per heavy atom. The minimum absolute atomic E-state index is 0.394. The quantitative estimate of drug-likeness (QED) is 0.447. The first-order valence-electron chi connectivity index (χ1n) is 3.90. The fraction of sp³-hybridized carbons (Fsp3) is 0. The molecule has 2 rings (SSSR count). The Balaban J connectivity index is 2.64. The third-order valence-corrected chi connectivity index (χ3v) is 3.04. The molecule has 0 aliphatic carbocycles. The maximum Gasteiger partial charge on any atom is 0.293 e. The maximum atomic E-state index is 11.3. The van der Waals surface area contributed by atoms with Crippen LogP contribution in [0.5, 0.6) is 0 Å². The molecule has 0 bridgehead atoms. The minimum atomic E-state index is -0.937. The van der Waals surface area contributed by atoms with Gasteiger partial charge in [0, 0.05) is 21.0 Å². The lowest BCUT2D eigenvalue weighted by molar-refractivity contribution is -0.108. The van der Waals surface area contributed by atoms with Gasteiger partial charge in [0.1, 0.15) is 0 Å². The van der Waals surface area contributed by atoms with Crippen molar-refractivity contribution in [3.05, 3.63) is 35.2 Å². The zero-order valence-electron chi connectivity index (χ0n) is 6.99. The van der Waals surface area contributed by atoms with Crippen molar-refractivity contribution in [2.45, 2.75) is 0 Å². The summed E-state index contributed by atoms with van der Waals surface area (Å²) in [5, 5.41) is 1.51. The van der Waals surface area contributed by atoms with E-state index >= 15 is 0 Å². The Bertz CT molecular complexity index is 516. The van der Waals surface area contributed by atoms with Crippen molar-refractivity contribution in [3.63, 3.8) is 0 Å². The highest BCUT2D eigenvalue weighted by molar-refractivity contribution is 7.17. The molecule has 14 heavy (non-hydrogen) atoms. The summed E-state index contributed by atoms with van der Waals surface area (Å²) in [6, 6.07) is 7.41. The molecule has 0 aliphatic rings. The number of halogens is 1. The number of rotatable bonds is 2. The lowest BCUT2D eigenvalue weighted by Crippen LogP contribution is -2.05. The largest absolute Gasteiger partial charge is 0.293 e. The van der Waals surface area contributed by atoms with Crippen molar-refractivity contribution in [1.82, 2.24) is 0 Å². The molecule has 1 aromatic carbocycles. The van der Waals surface area contributed by atoms with Gasteiger partial charge in [0.15, 0.2) is 0 Å². The van der Waals surface area contributed by atoms with Crippen LogP contribution in [0.15, 0.2) is 29.6 Å². The first kappa shape index (κ1) is 9.37. The van der Waals surface area contributed by atoms with Crippen LogP contribution in [0.1, 0.15) is 10.4 Å². The van der Waals surface area contributed by atoms with Crippen LogP contribution in [0.4, 0.5) is 0 Å². The third kappa shape index (κ3) is 1.45. The molecule has 0 aliphatic heterocycles. The number of Topliss-reactive ketones (excluding diaryl/α,β-unsaturated/α-hetero) is 1. The zero-order valence-corrected chi connectivity index (χ0v) is 8.56. The molecule has 0 atom stereocenters. The summed E-state index contributed by atoms with van der Waals surface area (Å²) in [4.78, 5) is 22.1. The molecule has 0 saturated carbocycles. The van der Waals surface area contributed by atoms with E-state index in [4.69, 9.17) is 11.6 Å². The van der Waals surface area contributed by atoms with Gasteiger partial charge < -0.3 is 0 Å². The Kier molecular flexibility index (Phi) is 2.35. The molecule has 0 spiro atoms. The highest BCUT2D eigenvalue weighted by Crippen LogP contribution is 2.26. The van der Waals surface area contributed by atoms with Crippen molar-refractivity contribution in [2.75, 3.05) is 0 Å². The molecule has 0 unspecified atom stereocenters. The molecule has 2 aromatic rings.